The smallest absolute Gasteiger partial charge is 0.258 e. The first-order valence-electron chi connectivity index (χ1n) is 9.68. The van der Waals surface area contributed by atoms with Crippen molar-refractivity contribution in [1.29, 1.82) is 0 Å². The van der Waals surface area contributed by atoms with Crippen LogP contribution >= 0.6 is 0 Å². The minimum absolute atomic E-state index is 0.0293. The molecular weight excluding hydrogens is 354 g/mol. The van der Waals surface area contributed by atoms with Gasteiger partial charge in [-0.1, -0.05) is 18.2 Å². The van der Waals surface area contributed by atoms with Crippen LogP contribution in [-0.2, 0) is 0 Å². The van der Waals surface area contributed by atoms with Crippen molar-refractivity contribution in [1.82, 2.24) is 15.3 Å². The van der Waals surface area contributed by atoms with Crippen LogP contribution in [0.2, 0.25) is 0 Å². The summed E-state index contributed by atoms with van der Waals surface area (Å²) < 4.78 is 11.4. The standard InChI is InChI=1S/C22H27N3O3/c1-5-27-19-12-11-16(13-20(19)28-6-2)14(3)23-15(4)21-24-18-10-8-7-9-17(18)22(26)25-21/h7-15,23H,5-6H2,1-4H3,(H,24,25,26). The van der Waals surface area contributed by atoms with E-state index in [0.29, 0.717) is 29.9 Å². The van der Waals surface area contributed by atoms with Crippen molar-refractivity contribution in [3.05, 3.63) is 64.2 Å². The third kappa shape index (κ3) is 4.34. The Morgan fingerprint density at radius 3 is 2.46 bits per heavy atom. The molecule has 2 N–H and O–H groups in total. The fourth-order valence-electron chi connectivity index (χ4n) is 3.20. The molecule has 0 aliphatic rings. The normalized spacial score (nSPS) is 13.3. The Labute approximate surface area is 164 Å². The molecule has 3 aromatic rings. The Hall–Kier alpha value is -2.86. The van der Waals surface area contributed by atoms with Gasteiger partial charge in [-0.25, -0.2) is 4.98 Å². The van der Waals surface area contributed by atoms with E-state index >= 15 is 0 Å². The molecule has 0 radical (unpaired) electrons. The van der Waals surface area contributed by atoms with E-state index in [4.69, 9.17) is 9.47 Å². The molecule has 1 heterocycles. The molecule has 28 heavy (non-hydrogen) atoms. The fourth-order valence-corrected chi connectivity index (χ4v) is 3.20. The highest BCUT2D eigenvalue weighted by Crippen LogP contribution is 2.31. The van der Waals surface area contributed by atoms with Gasteiger partial charge in [0.05, 0.1) is 30.2 Å². The Morgan fingerprint density at radius 2 is 1.71 bits per heavy atom. The Bertz CT molecular complexity index is 1000. The second kappa shape index (κ2) is 8.89. The number of nitrogens with one attached hydrogen (secondary N) is 2. The SMILES string of the molecule is CCOc1ccc(C(C)NC(C)c2nc3ccccc3c(=O)[nH]2)cc1OCC. The third-order valence-electron chi connectivity index (χ3n) is 4.61. The molecular formula is C22H27N3O3. The van der Waals surface area contributed by atoms with Gasteiger partial charge in [-0.3, -0.25) is 4.79 Å². The van der Waals surface area contributed by atoms with Crippen LogP contribution in [0.3, 0.4) is 0 Å². The predicted molar refractivity (Wildman–Crippen MR) is 111 cm³/mol. The number of ether oxygens (including phenoxy) is 2. The number of para-hydroxylation sites is 1. The van der Waals surface area contributed by atoms with Crippen molar-refractivity contribution in [2.45, 2.75) is 39.8 Å². The zero-order valence-corrected chi connectivity index (χ0v) is 16.8. The highest BCUT2D eigenvalue weighted by Gasteiger charge is 2.16. The van der Waals surface area contributed by atoms with Crippen molar-refractivity contribution in [2.24, 2.45) is 0 Å². The van der Waals surface area contributed by atoms with Gasteiger partial charge in [-0.2, -0.15) is 0 Å². The van der Waals surface area contributed by atoms with E-state index in [1.54, 1.807) is 6.07 Å². The molecule has 0 aliphatic carbocycles. The second-order valence-corrected chi connectivity index (χ2v) is 6.65. The van der Waals surface area contributed by atoms with Crippen LogP contribution in [0, 0.1) is 0 Å². The molecule has 0 spiro atoms. The van der Waals surface area contributed by atoms with Crippen LogP contribution in [0.5, 0.6) is 11.5 Å². The molecule has 0 bridgehead atoms. The van der Waals surface area contributed by atoms with Crippen LogP contribution in [0.4, 0.5) is 0 Å². The number of hydrogen-bond donors (Lipinski definition) is 2. The van der Waals surface area contributed by atoms with Crippen LogP contribution in [0.25, 0.3) is 10.9 Å². The first-order chi connectivity index (χ1) is 13.5. The molecule has 6 heteroatoms. The molecule has 0 saturated heterocycles. The van der Waals surface area contributed by atoms with Crippen LogP contribution in [-0.4, -0.2) is 23.2 Å². The summed E-state index contributed by atoms with van der Waals surface area (Å²) in [6.45, 7) is 9.12. The maximum absolute atomic E-state index is 12.3. The molecule has 6 nitrogen and oxygen atoms in total. The maximum atomic E-state index is 12.3. The molecule has 0 fully saturated rings. The number of aromatic amines is 1. The van der Waals surface area contributed by atoms with Crippen molar-refractivity contribution >= 4 is 10.9 Å². The van der Waals surface area contributed by atoms with E-state index < -0.39 is 0 Å². The summed E-state index contributed by atoms with van der Waals surface area (Å²) >= 11 is 0. The van der Waals surface area contributed by atoms with E-state index in [1.165, 1.54) is 0 Å². The molecule has 0 saturated carbocycles. The molecule has 2 unspecified atom stereocenters. The fraction of sp³-hybridized carbons (Fsp3) is 0.364. The summed E-state index contributed by atoms with van der Waals surface area (Å²) in [6, 6.07) is 13.2. The third-order valence-corrected chi connectivity index (χ3v) is 4.61. The average molecular weight is 381 g/mol. The Kier molecular flexibility index (Phi) is 6.31. The van der Waals surface area contributed by atoms with Crippen molar-refractivity contribution in [3.8, 4) is 11.5 Å². The molecule has 3 rings (SSSR count). The van der Waals surface area contributed by atoms with Gasteiger partial charge in [-0.05, 0) is 57.5 Å². The first-order valence-corrected chi connectivity index (χ1v) is 9.68. The van der Waals surface area contributed by atoms with Gasteiger partial charge >= 0.3 is 0 Å². The van der Waals surface area contributed by atoms with E-state index in [0.717, 1.165) is 17.1 Å². The van der Waals surface area contributed by atoms with Crippen LogP contribution < -0.4 is 20.3 Å². The second-order valence-electron chi connectivity index (χ2n) is 6.65. The number of aromatic nitrogens is 2. The van der Waals surface area contributed by atoms with Crippen LogP contribution in [0.1, 0.15) is 51.2 Å². The molecule has 1 aromatic heterocycles. The van der Waals surface area contributed by atoms with Gasteiger partial charge in [0.1, 0.15) is 5.82 Å². The zero-order chi connectivity index (χ0) is 20.1. The number of nitrogens with zero attached hydrogens (tertiary/aromatic N) is 1. The van der Waals surface area contributed by atoms with E-state index in [2.05, 4.69) is 22.2 Å². The van der Waals surface area contributed by atoms with E-state index in [1.807, 2.05) is 57.2 Å². The van der Waals surface area contributed by atoms with Crippen molar-refractivity contribution in [2.75, 3.05) is 13.2 Å². The number of rotatable bonds is 8. The van der Waals surface area contributed by atoms with E-state index in [9.17, 15) is 4.79 Å². The Balaban J connectivity index is 1.81. The van der Waals surface area contributed by atoms with Crippen molar-refractivity contribution in [3.63, 3.8) is 0 Å². The lowest BCUT2D eigenvalue weighted by molar-refractivity contribution is 0.287. The Morgan fingerprint density at radius 1 is 1.00 bits per heavy atom. The van der Waals surface area contributed by atoms with Gasteiger partial charge in [0, 0.05) is 6.04 Å². The van der Waals surface area contributed by atoms with Gasteiger partial charge in [0.2, 0.25) is 0 Å². The monoisotopic (exact) mass is 381 g/mol. The molecule has 0 aliphatic heterocycles. The van der Waals surface area contributed by atoms with Crippen molar-refractivity contribution < 1.29 is 9.47 Å². The number of benzene rings is 2. The van der Waals surface area contributed by atoms with Crippen LogP contribution in [0.15, 0.2) is 47.3 Å². The summed E-state index contributed by atoms with van der Waals surface area (Å²) in [6.07, 6.45) is 0. The maximum Gasteiger partial charge on any atom is 0.258 e. The number of H-pyrrole nitrogens is 1. The summed E-state index contributed by atoms with van der Waals surface area (Å²) in [7, 11) is 0. The lowest BCUT2D eigenvalue weighted by atomic mass is 10.1. The van der Waals surface area contributed by atoms with Gasteiger partial charge in [-0.15, -0.1) is 0 Å². The molecule has 2 atom stereocenters. The topological polar surface area (TPSA) is 76.2 Å². The highest BCUT2D eigenvalue weighted by atomic mass is 16.5. The molecule has 0 amide bonds. The quantitative estimate of drug-likeness (QED) is 0.613. The summed E-state index contributed by atoms with van der Waals surface area (Å²) in [5.74, 6) is 2.10. The first kappa shape index (κ1) is 19.9. The number of hydrogen-bond acceptors (Lipinski definition) is 5. The predicted octanol–water partition coefficient (Wildman–Crippen LogP) is 4.13. The minimum atomic E-state index is -0.130. The summed E-state index contributed by atoms with van der Waals surface area (Å²) in [4.78, 5) is 19.8. The van der Waals surface area contributed by atoms with E-state index in [-0.39, 0.29) is 17.6 Å². The number of fused-ring (bicyclic) bond motifs is 1. The largest absolute Gasteiger partial charge is 0.490 e. The average Bonchev–Trinajstić information content (AvgIpc) is 2.69. The van der Waals surface area contributed by atoms with Gasteiger partial charge < -0.3 is 19.8 Å². The highest BCUT2D eigenvalue weighted by molar-refractivity contribution is 5.77. The molecule has 148 valence electrons. The summed E-state index contributed by atoms with van der Waals surface area (Å²) in [5.41, 5.74) is 1.64. The van der Waals surface area contributed by atoms with Gasteiger partial charge in [0.25, 0.3) is 5.56 Å². The summed E-state index contributed by atoms with van der Waals surface area (Å²) in [5, 5.41) is 4.09. The van der Waals surface area contributed by atoms with Gasteiger partial charge in [0.15, 0.2) is 11.5 Å². The lowest BCUT2D eigenvalue weighted by Crippen LogP contribution is -2.26. The lowest BCUT2D eigenvalue weighted by Gasteiger charge is -2.21. The zero-order valence-electron chi connectivity index (χ0n) is 16.8. The molecule has 2 aromatic carbocycles. The minimum Gasteiger partial charge on any atom is -0.490 e.